The summed E-state index contributed by atoms with van der Waals surface area (Å²) in [7, 11) is 0. The highest BCUT2D eigenvalue weighted by atomic mass is 16.5. The van der Waals surface area contributed by atoms with Gasteiger partial charge in [0.15, 0.2) is 0 Å². The van der Waals surface area contributed by atoms with Crippen molar-refractivity contribution in [1.29, 1.82) is 0 Å². The summed E-state index contributed by atoms with van der Waals surface area (Å²) in [5.41, 5.74) is 1.03. The molecule has 0 spiro atoms. The summed E-state index contributed by atoms with van der Waals surface area (Å²) >= 11 is 0. The number of hydrogen-bond acceptors (Lipinski definition) is 4. The molecular weight excluding hydrogens is 226 g/mol. The largest absolute Gasteiger partial charge is 0.473 e. The van der Waals surface area contributed by atoms with E-state index in [0.717, 1.165) is 18.8 Å². The third-order valence-electron chi connectivity index (χ3n) is 2.42. The van der Waals surface area contributed by atoms with Gasteiger partial charge in [0.05, 0.1) is 5.69 Å². The zero-order valence-corrected chi connectivity index (χ0v) is 10.4. The molecule has 1 N–H and O–H groups in total. The maximum Gasteiger partial charge on any atom is 0.213 e. The van der Waals surface area contributed by atoms with Crippen molar-refractivity contribution in [3.8, 4) is 5.88 Å². The van der Waals surface area contributed by atoms with E-state index in [0.29, 0.717) is 5.88 Å². The van der Waals surface area contributed by atoms with Crippen LogP contribution in [0.1, 0.15) is 12.6 Å². The molecule has 0 amide bonds. The number of aromatic nitrogens is 2. The second-order valence-corrected chi connectivity index (χ2v) is 4.05. The molecule has 0 aromatic carbocycles. The first-order chi connectivity index (χ1) is 8.84. The van der Waals surface area contributed by atoms with E-state index in [1.165, 1.54) is 0 Å². The Balaban J connectivity index is 1.71. The van der Waals surface area contributed by atoms with Crippen LogP contribution in [0.3, 0.4) is 0 Å². The molecule has 4 nitrogen and oxygen atoms in total. The Kier molecular flexibility index (Phi) is 4.67. The first kappa shape index (κ1) is 12.5. The van der Waals surface area contributed by atoms with Gasteiger partial charge in [0.25, 0.3) is 0 Å². The molecule has 0 saturated carbocycles. The van der Waals surface area contributed by atoms with E-state index >= 15 is 0 Å². The lowest BCUT2D eigenvalue weighted by Crippen LogP contribution is -2.29. The van der Waals surface area contributed by atoms with Crippen molar-refractivity contribution >= 4 is 0 Å². The van der Waals surface area contributed by atoms with E-state index in [1.807, 2.05) is 43.3 Å². The summed E-state index contributed by atoms with van der Waals surface area (Å²) in [6.45, 7) is 3.52. The maximum absolute atomic E-state index is 5.66. The Morgan fingerprint density at radius 3 is 2.56 bits per heavy atom. The van der Waals surface area contributed by atoms with Crippen LogP contribution in [-0.4, -0.2) is 22.6 Å². The monoisotopic (exact) mass is 243 g/mol. The van der Waals surface area contributed by atoms with Gasteiger partial charge in [0.2, 0.25) is 5.88 Å². The quantitative estimate of drug-likeness (QED) is 0.843. The van der Waals surface area contributed by atoms with Gasteiger partial charge in [-0.2, -0.15) is 0 Å². The SMILES string of the molecule is C[C@H](CNCc1ccccn1)Oc1ccccn1. The van der Waals surface area contributed by atoms with Crippen LogP contribution in [0.15, 0.2) is 48.8 Å². The van der Waals surface area contributed by atoms with Gasteiger partial charge in [-0.3, -0.25) is 4.98 Å². The number of pyridine rings is 2. The van der Waals surface area contributed by atoms with Crippen LogP contribution in [0.25, 0.3) is 0 Å². The van der Waals surface area contributed by atoms with Gasteiger partial charge >= 0.3 is 0 Å². The third-order valence-corrected chi connectivity index (χ3v) is 2.42. The van der Waals surface area contributed by atoms with Gasteiger partial charge in [0.1, 0.15) is 6.10 Å². The van der Waals surface area contributed by atoms with Crippen molar-refractivity contribution in [3.63, 3.8) is 0 Å². The normalized spacial score (nSPS) is 12.1. The first-order valence-electron chi connectivity index (χ1n) is 6.03. The van der Waals surface area contributed by atoms with Crippen LogP contribution >= 0.6 is 0 Å². The van der Waals surface area contributed by atoms with Crippen molar-refractivity contribution in [2.24, 2.45) is 0 Å². The predicted octanol–water partition coefficient (Wildman–Crippen LogP) is 2.03. The van der Waals surface area contributed by atoms with Gasteiger partial charge in [-0.05, 0) is 25.1 Å². The molecule has 2 heterocycles. The van der Waals surface area contributed by atoms with Crippen LogP contribution in [0.5, 0.6) is 5.88 Å². The first-order valence-corrected chi connectivity index (χ1v) is 6.03. The van der Waals surface area contributed by atoms with E-state index in [4.69, 9.17) is 4.74 Å². The molecule has 0 aliphatic rings. The molecule has 94 valence electrons. The van der Waals surface area contributed by atoms with E-state index in [9.17, 15) is 0 Å². The Bertz CT molecular complexity index is 447. The minimum absolute atomic E-state index is 0.0728. The number of nitrogens with one attached hydrogen (secondary N) is 1. The molecule has 0 aliphatic heterocycles. The van der Waals surface area contributed by atoms with Crippen molar-refractivity contribution in [2.45, 2.75) is 19.6 Å². The Hall–Kier alpha value is -1.94. The standard InChI is InChI=1S/C14H17N3O/c1-12(18-14-7-3-5-9-17-14)10-15-11-13-6-2-4-8-16-13/h2-9,12,15H,10-11H2,1H3/t12-/m1/s1. The number of nitrogens with zero attached hydrogens (tertiary/aromatic N) is 2. The van der Waals surface area contributed by atoms with E-state index in [1.54, 1.807) is 12.4 Å². The molecule has 18 heavy (non-hydrogen) atoms. The number of rotatable bonds is 6. The molecule has 0 radical (unpaired) electrons. The molecule has 0 saturated heterocycles. The molecule has 2 aromatic rings. The molecule has 0 unspecified atom stereocenters. The van der Waals surface area contributed by atoms with Gasteiger partial charge < -0.3 is 10.1 Å². The highest BCUT2D eigenvalue weighted by molar-refractivity contribution is 5.09. The fourth-order valence-electron chi connectivity index (χ4n) is 1.57. The van der Waals surface area contributed by atoms with Crippen LogP contribution in [-0.2, 0) is 6.54 Å². The summed E-state index contributed by atoms with van der Waals surface area (Å²) in [5, 5.41) is 3.31. The highest BCUT2D eigenvalue weighted by Crippen LogP contribution is 2.05. The van der Waals surface area contributed by atoms with Crippen LogP contribution in [0.2, 0.25) is 0 Å². The molecule has 2 rings (SSSR count). The zero-order chi connectivity index (χ0) is 12.6. The van der Waals surface area contributed by atoms with Crippen LogP contribution in [0, 0.1) is 0 Å². The second kappa shape index (κ2) is 6.71. The lowest BCUT2D eigenvalue weighted by molar-refractivity contribution is 0.208. The maximum atomic E-state index is 5.66. The van der Waals surface area contributed by atoms with E-state index in [-0.39, 0.29) is 6.10 Å². The molecule has 0 fully saturated rings. The van der Waals surface area contributed by atoms with Crippen molar-refractivity contribution in [2.75, 3.05) is 6.54 Å². The van der Waals surface area contributed by atoms with E-state index in [2.05, 4.69) is 15.3 Å². The minimum Gasteiger partial charge on any atom is -0.473 e. The zero-order valence-electron chi connectivity index (χ0n) is 10.4. The third kappa shape index (κ3) is 4.14. The smallest absolute Gasteiger partial charge is 0.213 e. The summed E-state index contributed by atoms with van der Waals surface area (Å²) < 4.78 is 5.66. The van der Waals surface area contributed by atoms with Gasteiger partial charge in [-0.1, -0.05) is 12.1 Å². The Labute approximate surface area is 107 Å². The predicted molar refractivity (Wildman–Crippen MR) is 70.3 cm³/mol. The average Bonchev–Trinajstić information content (AvgIpc) is 2.41. The van der Waals surface area contributed by atoms with Gasteiger partial charge in [-0.15, -0.1) is 0 Å². The molecule has 0 aliphatic carbocycles. The fourth-order valence-corrected chi connectivity index (χ4v) is 1.57. The molecule has 0 bridgehead atoms. The Morgan fingerprint density at radius 1 is 1.11 bits per heavy atom. The van der Waals surface area contributed by atoms with Gasteiger partial charge in [0, 0.05) is 31.5 Å². The Morgan fingerprint density at radius 2 is 1.89 bits per heavy atom. The lowest BCUT2D eigenvalue weighted by Gasteiger charge is -2.14. The lowest BCUT2D eigenvalue weighted by atomic mass is 10.3. The average molecular weight is 243 g/mol. The van der Waals surface area contributed by atoms with Crippen LogP contribution in [0.4, 0.5) is 0 Å². The molecular formula is C14H17N3O. The van der Waals surface area contributed by atoms with Gasteiger partial charge in [-0.25, -0.2) is 4.98 Å². The number of ether oxygens (including phenoxy) is 1. The summed E-state index contributed by atoms with van der Waals surface area (Å²) in [6.07, 6.45) is 3.59. The molecule has 2 aromatic heterocycles. The number of hydrogen-bond donors (Lipinski definition) is 1. The summed E-state index contributed by atoms with van der Waals surface area (Å²) in [4.78, 5) is 8.37. The summed E-state index contributed by atoms with van der Waals surface area (Å²) in [6, 6.07) is 11.5. The van der Waals surface area contributed by atoms with Crippen LogP contribution < -0.4 is 10.1 Å². The highest BCUT2D eigenvalue weighted by Gasteiger charge is 2.04. The molecule has 4 heteroatoms. The topological polar surface area (TPSA) is 47.0 Å². The van der Waals surface area contributed by atoms with E-state index < -0.39 is 0 Å². The molecule has 1 atom stereocenters. The van der Waals surface area contributed by atoms with Crippen molar-refractivity contribution in [3.05, 3.63) is 54.5 Å². The van der Waals surface area contributed by atoms with Crippen molar-refractivity contribution in [1.82, 2.24) is 15.3 Å². The minimum atomic E-state index is 0.0728. The van der Waals surface area contributed by atoms with Crippen molar-refractivity contribution < 1.29 is 4.74 Å². The summed E-state index contributed by atoms with van der Waals surface area (Å²) in [5.74, 6) is 0.657. The fraction of sp³-hybridized carbons (Fsp3) is 0.286. The second-order valence-electron chi connectivity index (χ2n) is 4.05.